The van der Waals surface area contributed by atoms with E-state index in [0.717, 1.165) is 10.6 Å². The molecule has 3 N–H and O–H groups in total. The third-order valence-electron chi connectivity index (χ3n) is 4.82. The monoisotopic (exact) mass is 520 g/mol. The molecule has 0 aliphatic heterocycles. The van der Waals surface area contributed by atoms with E-state index < -0.39 is 40.4 Å². The second-order valence-electron chi connectivity index (χ2n) is 7.98. The smallest absolute Gasteiger partial charge is 0.305 e. The van der Waals surface area contributed by atoms with Gasteiger partial charge in [0, 0.05) is 76.0 Å². The summed E-state index contributed by atoms with van der Waals surface area (Å²) in [5.74, 6) is -1.87. The van der Waals surface area contributed by atoms with Gasteiger partial charge in [0.15, 0.2) is 0 Å². The predicted octanol–water partition coefficient (Wildman–Crippen LogP) is 2.02. The standard InChI is InChI=1S/C22H28FN3O6S.K/c1-13(2)20-18(10-9-16(27)11-17(28)12-19(29)30)21(14-5-7-15(23)8-6-14)25-22(24-20)26(3)33(4,31)32;/h5-10,13,16-17,27-28H,11-12H2,1-4H3,(H,29,30);/b10-9+;/t16-,17-;/m1./s1. The molecular weight excluding hydrogens is 492 g/mol. The van der Waals surface area contributed by atoms with Crippen LogP contribution in [0.2, 0.25) is 0 Å². The number of sulfonamides is 1. The molecule has 1 aromatic heterocycles. The van der Waals surface area contributed by atoms with Crippen molar-refractivity contribution in [1.29, 1.82) is 0 Å². The maximum absolute atomic E-state index is 13.5. The van der Waals surface area contributed by atoms with Gasteiger partial charge in [-0.05, 0) is 30.2 Å². The molecule has 0 unspecified atom stereocenters. The van der Waals surface area contributed by atoms with Gasteiger partial charge in [0.2, 0.25) is 16.0 Å². The Bertz CT molecular complexity index is 1130. The summed E-state index contributed by atoms with van der Waals surface area (Å²) in [7, 11) is -2.33. The average Bonchev–Trinajstić information content (AvgIpc) is 2.70. The number of carboxylic acids is 1. The number of carboxylic acid groups (broad SMARTS) is 1. The number of carbonyl (C=O) groups is 1. The number of aliphatic carboxylic acids is 1. The Morgan fingerprint density at radius 3 is 2.26 bits per heavy atom. The van der Waals surface area contributed by atoms with Gasteiger partial charge in [-0.1, -0.05) is 26.0 Å². The third kappa shape index (κ3) is 8.75. The van der Waals surface area contributed by atoms with Crippen LogP contribution in [0.1, 0.15) is 43.9 Å². The molecule has 1 aromatic carbocycles. The normalized spacial score (nSPS) is 13.5. The summed E-state index contributed by atoms with van der Waals surface area (Å²) in [5, 5.41) is 28.8. The molecule has 2 atom stereocenters. The van der Waals surface area contributed by atoms with Crippen molar-refractivity contribution in [1.82, 2.24) is 9.97 Å². The van der Waals surface area contributed by atoms with Crippen molar-refractivity contribution in [3.63, 3.8) is 0 Å². The minimum Gasteiger partial charge on any atom is -0.481 e. The molecule has 0 spiro atoms. The molecule has 0 saturated heterocycles. The van der Waals surface area contributed by atoms with Crippen LogP contribution in [0.3, 0.4) is 0 Å². The van der Waals surface area contributed by atoms with E-state index in [1.807, 2.05) is 13.8 Å². The fourth-order valence-corrected chi connectivity index (χ4v) is 3.42. The maximum atomic E-state index is 13.5. The van der Waals surface area contributed by atoms with Crippen LogP contribution in [-0.2, 0) is 14.8 Å². The van der Waals surface area contributed by atoms with Crippen LogP contribution in [0.15, 0.2) is 30.3 Å². The first-order chi connectivity index (χ1) is 15.3. The Kier molecular flexibility index (Phi) is 11.9. The van der Waals surface area contributed by atoms with Crippen LogP contribution in [0.4, 0.5) is 10.3 Å². The first kappa shape index (κ1) is 30.8. The Morgan fingerprint density at radius 2 is 1.76 bits per heavy atom. The van der Waals surface area contributed by atoms with E-state index >= 15 is 0 Å². The van der Waals surface area contributed by atoms with E-state index in [2.05, 4.69) is 9.97 Å². The molecule has 1 radical (unpaired) electrons. The van der Waals surface area contributed by atoms with Crippen LogP contribution in [0, 0.1) is 5.82 Å². The van der Waals surface area contributed by atoms with Crippen LogP contribution in [-0.4, -0.2) is 117 Å². The second kappa shape index (κ2) is 13.2. The van der Waals surface area contributed by atoms with Crippen LogP contribution in [0.5, 0.6) is 0 Å². The van der Waals surface area contributed by atoms with Gasteiger partial charge in [-0.25, -0.2) is 27.1 Å². The third-order valence-corrected chi connectivity index (χ3v) is 5.97. The van der Waals surface area contributed by atoms with Gasteiger partial charge >= 0.3 is 5.97 Å². The predicted molar refractivity (Wildman–Crippen MR) is 128 cm³/mol. The summed E-state index contributed by atoms with van der Waals surface area (Å²) < 4.78 is 38.6. The van der Waals surface area contributed by atoms with Crippen molar-refractivity contribution < 1.29 is 32.9 Å². The number of anilines is 1. The molecule has 0 amide bonds. The number of halogens is 1. The Labute approximate surface area is 241 Å². The minimum absolute atomic E-state index is 0. The van der Waals surface area contributed by atoms with Gasteiger partial charge in [0.1, 0.15) is 5.82 Å². The summed E-state index contributed by atoms with van der Waals surface area (Å²) in [4.78, 5) is 19.6. The zero-order valence-electron chi connectivity index (χ0n) is 19.8. The topological polar surface area (TPSA) is 141 Å². The first-order valence-electron chi connectivity index (χ1n) is 10.2. The van der Waals surface area contributed by atoms with Crippen LogP contribution in [0.25, 0.3) is 17.3 Å². The van der Waals surface area contributed by atoms with Crippen LogP contribution >= 0.6 is 0 Å². The van der Waals surface area contributed by atoms with Crippen molar-refractivity contribution in [3.8, 4) is 11.3 Å². The van der Waals surface area contributed by atoms with Crippen LogP contribution < -0.4 is 4.31 Å². The molecule has 2 aromatic rings. The quantitative estimate of drug-likeness (QED) is 0.404. The SMILES string of the molecule is CC(C)c1nc(N(C)S(C)(=O)=O)nc(-c2ccc(F)cc2)c1/C=C/[C@@H](O)C[C@@H](O)CC(=O)O.[K]. The molecule has 9 nitrogen and oxygen atoms in total. The van der Waals surface area contributed by atoms with Gasteiger partial charge in [-0.15, -0.1) is 0 Å². The zero-order chi connectivity index (χ0) is 24.9. The van der Waals surface area contributed by atoms with Crippen molar-refractivity contribution in [2.45, 2.75) is 44.8 Å². The molecule has 12 heteroatoms. The number of aliphatic hydroxyl groups is 2. The number of hydrogen-bond acceptors (Lipinski definition) is 7. The zero-order valence-corrected chi connectivity index (χ0v) is 23.7. The number of aliphatic hydroxyl groups excluding tert-OH is 2. The number of rotatable bonds is 10. The van der Waals surface area contributed by atoms with E-state index in [1.165, 1.54) is 43.5 Å². The van der Waals surface area contributed by atoms with E-state index in [4.69, 9.17) is 5.11 Å². The van der Waals surface area contributed by atoms with Gasteiger partial charge in [0.25, 0.3) is 0 Å². The molecule has 0 aliphatic carbocycles. The number of aromatic nitrogens is 2. The van der Waals surface area contributed by atoms with Gasteiger partial charge < -0.3 is 15.3 Å². The summed E-state index contributed by atoms with van der Waals surface area (Å²) in [6, 6.07) is 5.49. The molecule has 0 fully saturated rings. The van der Waals surface area contributed by atoms with Crippen molar-refractivity contribution >= 4 is 79.4 Å². The van der Waals surface area contributed by atoms with Gasteiger partial charge in [-0.3, -0.25) is 4.79 Å². The molecule has 2 rings (SSSR count). The van der Waals surface area contributed by atoms with E-state index in [9.17, 15) is 27.8 Å². The Hall–Kier alpha value is -1.25. The first-order valence-corrected chi connectivity index (χ1v) is 12.0. The summed E-state index contributed by atoms with van der Waals surface area (Å²) >= 11 is 0. The van der Waals surface area contributed by atoms with Crippen molar-refractivity contribution in [2.75, 3.05) is 17.6 Å². The van der Waals surface area contributed by atoms with Gasteiger partial charge in [0.05, 0.1) is 36.3 Å². The molecule has 34 heavy (non-hydrogen) atoms. The molecule has 181 valence electrons. The summed E-state index contributed by atoms with van der Waals surface area (Å²) in [6.07, 6.45) is 0.860. The maximum Gasteiger partial charge on any atom is 0.305 e. The molecular formula is C22H28FKN3O6S. The molecule has 0 bridgehead atoms. The second-order valence-corrected chi connectivity index (χ2v) is 9.99. The minimum atomic E-state index is -3.65. The largest absolute Gasteiger partial charge is 0.481 e. The number of nitrogens with zero attached hydrogens (tertiary/aromatic N) is 3. The average molecular weight is 521 g/mol. The van der Waals surface area contributed by atoms with Crippen molar-refractivity contribution in [2.24, 2.45) is 0 Å². The summed E-state index contributed by atoms with van der Waals surface area (Å²) in [5.41, 5.74) is 1.80. The molecule has 1 heterocycles. The number of hydrogen-bond donors (Lipinski definition) is 3. The summed E-state index contributed by atoms with van der Waals surface area (Å²) in [6.45, 7) is 3.71. The Morgan fingerprint density at radius 1 is 1.18 bits per heavy atom. The fraction of sp³-hybridized carbons (Fsp3) is 0.409. The molecule has 0 aliphatic rings. The van der Waals surface area contributed by atoms with Crippen molar-refractivity contribution in [3.05, 3.63) is 47.4 Å². The fourth-order valence-electron chi connectivity index (χ4n) is 3.05. The van der Waals surface area contributed by atoms with Gasteiger partial charge in [-0.2, -0.15) is 0 Å². The number of benzene rings is 1. The van der Waals surface area contributed by atoms with E-state index in [0.29, 0.717) is 22.5 Å². The Balaban J connectivity index is 0.00000578. The van der Waals surface area contributed by atoms with E-state index in [1.54, 1.807) is 0 Å². The van der Waals surface area contributed by atoms with E-state index in [-0.39, 0.29) is 69.7 Å². The molecule has 0 saturated carbocycles.